The minimum absolute atomic E-state index is 0.0912. The lowest BCUT2D eigenvalue weighted by Gasteiger charge is -2.17. The van der Waals surface area contributed by atoms with Crippen molar-refractivity contribution in [3.05, 3.63) is 65.2 Å². The van der Waals surface area contributed by atoms with E-state index in [0.29, 0.717) is 23.5 Å². The van der Waals surface area contributed by atoms with Gasteiger partial charge in [0, 0.05) is 30.3 Å². The van der Waals surface area contributed by atoms with Crippen LogP contribution in [0.3, 0.4) is 0 Å². The zero-order valence-electron chi connectivity index (χ0n) is 17.6. The number of anilines is 1. The fourth-order valence-corrected chi connectivity index (χ4v) is 3.60. The van der Waals surface area contributed by atoms with Gasteiger partial charge >= 0.3 is 5.97 Å². The fourth-order valence-electron chi connectivity index (χ4n) is 3.60. The summed E-state index contributed by atoms with van der Waals surface area (Å²) in [5.74, 6) is -0.933. The molecule has 3 rings (SSSR count). The molecule has 2 N–H and O–H groups in total. The number of aromatic nitrogens is 3. The molecule has 0 radical (unpaired) electrons. The lowest BCUT2D eigenvalue weighted by molar-refractivity contribution is 0.0468. The van der Waals surface area contributed by atoms with Gasteiger partial charge in [0.25, 0.3) is 0 Å². The standard InChI is InChI=1S/C22H26N4O4/c1-14-11-17(16(3)26(14)15(2)12-29-4)21(27)13-30-22(28)19-9-10-25(24-19)20-8-6-5-7-18(20)23/h5-11,15H,12-13,23H2,1-4H3. The quantitative estimate of drug-likeness (QED) is 0.348. The molecule has 0 spiro atoms. The van der Waals surface area contributed by atoms with Crippen LogP contribution in [0.25, 0.3) is 5.69 Å². The van der Waals surface area contributed by atoms with Gasteiger partial charge < -0.3 is 19.8 Å². The van der Waals surface area contributed by atoms with E-state index in [1.807, 2.05) is 43.5 Å². The summed E-state index contributed by atoms with van der Waals surface area (Å²) >= 11 is 0. The summed E-state index contributed by atoms with van der Waals surface area (Å²) in [6, 6.07) is 10.6. The van der Waals surface area contributed by atoms with Crippen LogP contribution in [0.4, 0.5) is 5.69 Å². The van der Waals surface area contributed by atoms with Crippen molar-refractivity contribution in [1.29, 1.82) is 0 Å². The number of nitrogens with two attached hydrogens (primary N) is 1. The molecule has 3 aromatic rings. The van der Waals surface area contributed by atoms with Crippen LogP contribution in [0.15, 0.2) is 42.6 Å². The number of aryl methyl sites for hydroxylation is 1. The summed E-state index contributed by atoms with van der Waals surface area (Å²) in [4.78, 5) is 25.0. The average molecular weight is 410 g/mol. The first-order valence-corrected chi connectivity index (χ1v) is 9.61. The largest absolute Gasteiger partial charge is 0.453 e. The van der Waals surface area contributed by atoms with Crippen LogP contribution < -0.4 is 5.73 Å². The maximum atomic E-state index is 12.7. The zero-order chi connectivity index (χ0) is 21.8. The van der Waals surface area contributed by atoms with E-state index in [9.17, 15) is 9.59 Å². The smallest absolute Gasteiger partial charge is 0.359 e. The second-order valence-corrected chi connectivity index (χ2v) is 7.16. The van der Waals surface area contributed by atoms with E-state index < -0.39 is 5.97 Å². The molecular weight excluding hydrogens is 384 g/mol. The first-order valence-electron chi connectivity index (χ1n) is 9.61. The summed E-state index contributed by atoms with van der Waals surface area (Å²) in [6.07, 6.45) is 1.62. The molecule has 158 valence electrons. The van der Waals surface area contributed by atoms with Gasteiger partial charge in [0.1, 0.15) is 0 Å². The molecular formula is C22H26N4O4. The Labute approximate surface area is 175 Å². The first-order chi connectivity index (χ1) is 14.3. The molecule has 1 unspecified atom stereocenters. The molecule has 0 amide bonds. The topological polar surface area (TPSA) is 101 Å². The van der Waals surface area contributed by atoms with Crippen molar-refractivity contribution in [2.75, 3.05) is 26.1 Å². The number of benzene rings is 1. The maximum absolute atomic E-state index is 12.7. The van der Waals surface area contributed by atoms with Crippen LogP contribution in [0, 0.1) is 13.8 Å². The monoisotopic (exact) mass is 410 g/mol. The van der Waals surface area contributed by atoms with Gasteiger partial charge in [0.05, 0.1) is 24.0 Å². The van der Waals surface area contributed by atoms with Crippen LogP contribution in [-0.2, 0) is 9.47 Å². The molecule has 30 heavy (non-hydrogen) atoms. The number of hydrogen-bond acceptors (Lipinski definition) is 6. The Kier molecular flexibility index (Phi) is 6.37. The number of ether oxygens (including phenoxy) is 2. The molecule has 0 bridgehead atoms. The highest BCUT2D eigenvalue weighted by molar-refractivity contribution is 6.00. The van der Waals surface area contributed by atoms with Gasteiger partial charge in [-0.3, -0.25) is 4.79 Å². The molecule has 2 heterocycles. The number of hydrogen-bond donors (Lipinski definition) is 1. The highest BCUT2D eigenvalue weighted by Crippen LogP contribution is 2.21. The van der Waals surface area contributed by atoms with Gasteiger partial charge in [-0.25, -0.2) is 9.48 Å². The van der Waals surface area contributed by atoms with E-state index in [1.165, 1.54) is 10.7 Å². The van der Waals surface area contributed by atoms with Crippen LogP contribution in [0.5, 0.6) is 0 Å². The van der Waals surface area contributed by atoms with Crippen molar-refractivity contribution >= 4 is 17.4 Å². The molecule has 0 saturated heterocycles. The number of rotatable bonds is 8. The Morgan fingerprint density at radius 1 is 1.20 bits per heavy atom. The third kappa shape index (κ3) is 4.28. The zero-order valence-corrected chi connectivity index (χ0v) is 17.6. The summed E-state index contributed by atoms with van der Waals surface area (Å²) < 4.78 is 14.0. The third-order valence-electron chi connectivity index (χ3n) is 4.95. The predicted octanol–water partition coefficient (Wildman–Crippen LogP) is 3.12. The molecule has 0 fully saturated rings. The average Bonchev–Trinajstić information content (AvgIpc) is 3.31. The number of para-hydroxylation sites is 2. The van der Waals surface area contributed by atoms with Gasteiger partial charge in [-0.05, 0) is 45.0 Å². The molecule has 2 aromatic heterocycles. The molecule has 0 aliphatic rings. The molecule has 8 nitrogen and oxygen atoms in total. The van der Waals surface area contributed by atoms with Crippen molar-refractivity contribution in [1.82, 2.24) is 14.3 Å². The Morgan fingerprint density at radius 3 is 2.63 bits per heavy atom. The summed E-state index contributed by atoms with van der Waals surface area (Å²) in [5.41, 5.74) is 9.54. The molecule has 0 aliphatic carbocycles. The second kappa shape index (κ2) is 8.96. The summed E-state index contributed by atoms with van der Waals surface area (Å²) in [7, 11) is 1.64. The van der Waals surface area contributed by atoms with E-state index >= 15 is 0 Å². The van der Waals surface area contributed by atoms with E-state index in [-0.39, 0.29) is 24.1 Å². The number of nitrogens with zero attached hydrogens (tertiary/aromatic N) is 3. The molecule has 0 aliphatic heterocycles. The van der Waals surface area contributed by atoms with E-state index in [2.05, 4.69) is 5.10 Å². The van der Waals surface area contributed by atoms with Gasteiger partial charge in [-0.2, -0.15) is 5.10 Å². The Balaban J connectivity index is 1.68. The number of Topliss-reactive ketones (excluding diaryl/α,β-unsaturated/α-hetero) is 1. The van der Waals surface area contributed by atoms with Crippen LogP contribution in [-0.4, -0.2) is 46.4 Å². The van der Waals surface area contributed by atoms with E-state index in [4.69, 9.17) is 15.2 Å². The Bertz CT molecular complexity index is 1070. The minimum atomic E-state index is -0.668. The van der Waals surface area contributed by atoms with Crippen LogP contribution >= 0.6 is 0 Å². The number of esters is 1. The Morgan fingerprint density at radius 2 is 1.93 bits per heavy atom. The number of nitrogen functional groups attached to an aromatic ring is 1. The van der Waals surface area contributed by atoms with Crippen molar-refractivity contribution in [3.63, 3.8) is 0 Å². The Hall–Kier alpha value is -3.39. The lowest BCUT2D eigenvalue weighted by atomic mass is 10.1. The lowest BCUT2D eigenvalue weighted by Crippen LogP contribution is -2.17. The van der Waals surface area contributed by atoms with Crippen molar-refractivity contribution in [2.45, 2.75) is 26.8 Å². The SMILES string of the molecule is COCC(C)n1c(C)cc(C(=O)COC(=O)c2ccn(-c3ccccc3N)n2)c1C. The van der Waals surface area contributed by atoms with Crippen molar-refractivity contribution < 1.29 is 19.1 Å². The maximum Gasteiger partial charge on any atom is 0.359 e. The van der Waals surface area contributed by atoms with Gasteiger partial charge in [-0.15, -0.1) is 0 Å². The number of methoxy groups -OCH3 is 1. The number of carbonyl (C=O) groups excluding carboxylic acids is 2. The van der Waals surface area contributed by atoms with Gasteiger partial charge in [0.15, 0.2) is 12.3 Å². The molecule has 1 atom stereocenters. The van der Waals surface area contributed by atoms with Gasteiger partial charge in [0.2, 0.25) is 5.78 Å². The highest BCUT2D eigenvalue weighted by Gasteiger charge is 2.21. The third-order valence-corrected chi connectivity index (χ3v) is 4.95. The van der Waals surface area contributed by atoms with Crippen LogP contribution in [0.2, 0.25) is 0 Å². The number of carbonyl (C=O) groups is 2. The molecule has 1 aromatic carbocycles. The normalized spacial score (nSPS) is 12.0. The summed E-state index contributed by atoms with van der Waals surface area (Å²) in [6.45, 7) is 6.01. The van der Waals surface area contributed by atoms with E-state index in [1.54, 1.807) is 25.4 Å². The van der Waals surface area contributed by atoms with E-state index in [0.717, 1.165) is 11.4 Å². The van der Waals surface area contributed by atoms with Crippen LogP contribution in [0.1, 0.15) is 45.2 Å². The van der Waals surface area contributed by atoms with Gasteiger partial charge in [-0.1, -0.05) is 12.1 Å². The highest BCUT2D eigenvalue weighted by atomic mass is 16.5. The van der Waals surface area contributed by atoms with Crippen molar-refractivity contribution in [2.24, 2.45) is 0 Å². The fraction of sp³-hybridized carbons (Fsp3) is 0.318. The molecule has 0 saturated carbocycles. The van der Waals surface area contributed by atoms with Crippen molar-refractivity contribution in [3.8, 4) is 5.69 Å². The molecule has 8 heteroatoms. The number of ketones is 1. The minimum Gasteiger partial charge on any atom is -0.453 e. The predicted molar refractivity (Wildman–Crippen MR) is 113 cm³/mol. The second-order valence-electron chi connectivity index (χ2n) is 7.16. The summed E-state index contributed by atoms with van der Waals surface area (Å²) in [5, 5.41) is 4.20. The first kappa shape index (κ1) is 21.3.